The fourth-order valence-corrected chi connectivity index (χ4v) is 5.58. The highest BCUT2D eigenvalue weighted by atomic mass is 16.5. The number of hydrogen-bond donors (Lipinski definition) is 9. The second-order valence-electron chi connectivity index (χ2n) is 12.1. The van der Waals surface area contributed by atoms with E-state index in [0.717, 1.165) is 22.0 Å². The molecule has 52 heavy (non-hydrogen) atoms. The quantitative estimate of drug-likeness (QED) is 0.0309. The number of ether oxygens (including phenoxy) is 1. The highest BCUT2D eigenvalue weighted by molar-refractivity contribution is 5.96. The van der Waals surface area contributed by atoms with Gasteiger partial charge in [-0.15, -0.1) is 0 Å². The van der Waals surface area contributed by atoms with Gasteiger partial charge in [-0.1, -0.05) is 48.5 Å². The second-order valence-corrected chi connectivity index (χ2v) is 12.1. The van der Waals surface area contributed by atoms with E-state index < -0.39 is 53.7 Å². The van der Waals surface area contributed by atoms with Crippen molar-refractivity contribution in [2.24, 2.45) is 22.2 Å². The van der Waals surface area contributed by atoms with Crippen LogP contribution in [0.25, 0.3) is 10.9 Å². The standard InChI is InChI=1S/C35H45N11O6/c1-52-19-30(47)43-29(16-23-18-39-20-42-23)34(51)46-28(14-21-8-3-2-4-9-21)33(50)44-26(12-7-13-40-35(37)38)32(49)45-27(31(36)48)15-22-17-41-25-11-6-5-10-24(22)25/h2-6,8-11,17-18,20,26-29,41H,7,12-16,19H2,1H3,(H2,36,48)(H,39,42)(H,43,47)(H,44,50)(H,45,49)(H,46,51)(H4,37,38,40)/t26-,27-,28-,29-/m0/s1. The maximum absolute atomic E-state index is 14.0. The molecule has 2 aromatic carbocycles. The van der Waals surface area contributed by atoms with E-state index in [0.29, 0.717) is 5.69 Å². The van der Waals surface area contributed by atoms with Crippen molar-refractivity contribution in [2.45, 2.75) is 56.3 Å². The van der Waals surface area contributed by atoms with Crippen LogP contribution in [0, 0.1) is 0 Å². The zero-order valence-corrected chi connectivity index (χ0v) is 28.8. The van der Waals surface area contributed by atoms with Gasteiger partial charge in [0.05, 0.1) is 6.33 Å². The van der Waals surface area contributed by atoms with Gasteiger partial charge in [-0.05, 0) is 30.0 Å². The lowest BCUT2D eigenvalue weighted by molar-refractivity contribution is -0.134. The third-order valence-corrected chi connectivity index (χ3v) is 8.16. The third-order valence-electron chi connectivity index (χ3n) is 8.16. The molecule has 0 radical (unpaired) electrons. The third kappa shape index (κ3) is 11.7. The van der Waals surface area contributed by atoms with Gasteiger partial charge in [-0.2, -0.15) is 0 Å². The predicted octanol–water partition coefficient (Wildman–Crippen LogP) is -0.957. The molecule has 0 saturated carbocycles. The second kappa shape index (κ2) is 19.2. The molecule has 4 rings (SSSR count). The molecule has 2 aromatic heterocycles. The molecule has 17 heteroatoms. The SMILES string of the molecule is COCC(=O)N[C@@H](Cc1cnc[nH]1)C(=O)N[C@@H](Cc1ccccc1)C(=O)N[C@@H](CCCN=C(N)N)C(=O)N[C@@H](Cc1c[nH]c2ccccc12)C(N)=O. The first-order valence-electron chi connectivity index (χ1n) is 16.6. The number of H-pyrrole nitrogens is 2. The average molecular weight is 716 g/mol. The number of rotatable bonds is 20. The van der Waals surface area contributed by atoms with Crippen LogP contribution in [-0.4, -0.2) is 94.9 Å². The van der Waals surface area contributed by atoms with Crippen LogP contribution in [0.3, 0.4) is 0 Å². The highest BCUT2D eigenvalue weighted by Gasteiger charge is 2.31. The summed E-state index contributed by atoms with van der Waals surface area (Å²) in [5.41, 5.74) is 19.6. The van der Waals surface area contributed by atoms with Gasteiger partial charge in [0.2, 0.25) is 29.5 Å². The molecule has 2 heterocycles. The van der Waals surface area contributed by atoms with Crippen molar-refractivity contribution in [2.75, 3.05) is 20.3 Å². The molecule has 0 spiro atoms. The number of amides is 5. The summed E-state index contributed by atoms with van der Waals surface area (Å²) in [6, 6.07) is 11.9. The van der Waals surface area contributed by atoms with Crippen molar-refractivity contribution in [3.8, 4) is 0 Å². The Morgan fingerprint density at radius 1 is 0.788 bits per heavy atom. The summed E-state index contributed by atoms with van der Waals surface area (Å²) in [5, 5.41) is 11.7. The van der Waals surface area contributed by atoms with Crippen LogP contribution in [-0.2, 0) is 48.0 Å². The number of para-hydroxylation sites is 1. The molecule has 0 saturated heterocycles. The number of carbonyl (C=O) groups is 5. The monoisotopic (exact) mass is 715 g/mol. The molecule has 0 unspecified atom stereocenters. The number of guanidine groups is 1. The molecule has 276 valence electrons. The summed E-state index contributed by atoms with van der Waals surface area (Å²) in [7, 11) is 1.35. The number of nitrogens with two attached hydrogens (primary N) is 3. The smallest absolute Gasteiger partial charge is 0.246 e. The number of aromatic amines is 2. The summed E-state index contributed by atoms with van der Waals surface area (Å²) in [4.78, 5) is 80.6. The molecule has 0 fully saturated rings. The Labute approximate surface area is 299 Å². The molecule has 0 aliphatic heterocycles. The zero-order valence-electron chi connectivity index (χ0n) is 28.8. The van der Waals surface area contributed by atoms with Gasteiger partial charge in [-0.3, -0.25) is 29.0 Å². The number of carbonyl (C=O) groups excluding carboxylic acids is 5. The van der Waals surface area contributed by atoms with Crippen LogP contribution in [0.2, 0.25) is 0 Å². The van der Waals surface area contributed by atoms with Crippen LogP contribution < -0.4 is 38.5 Å². The number of benzene rings is 2. The van der Waals surface area contributed by atoms with E-state index in [1.165, 1.54) is 19.6 Å². The minimum Gasteiger partial charge on any atom is -0.375 e. The van der Waals surface area contributed by atoms with Gasteiger partial charge < -0.3 is 53.2 Å². The lowest BCUT2D eigenvalue weighted by Gasteiger charge is -2.26. The average Bonchev–Trinajstić information content (AvgIpc) is 3.79. The van der Waals surface area contributed by atoms with Gasteiger partial charge in [0.25, 0.3) is 0 Å². The molecule has 0 aliphatic rings. The van der Waals surface area contributed by atoms with E-state index in [-0.39, 0.29) is 51.2 Å². The van der Waals surface area contributed by atoms with Crippen molar-refractivity contribution in [1.29, 1.82) is 0 Å². The number of aromatic nitrogens is 3. The van der Waals surface area contributed by atoms with E-state index >= 15 is 0 Å². The number of hydrogen-bond acceptors (Lipinski definition) is 8. The maximum atomic E-state index is 14.0. The minimum atomic E-state index is -1.19. The Kier molecular flexibility index (Phi) is 14.3. The Morgan fingerprint density at radius 3 is 2.12 bits per heavy atom. The first kappa shape index (κ1) is 38.6. The van der Waals surface area contributed by atoms with E-state index in [1.54, 1.807) is 30.5 Å². The van der Waals surface area contributed by atoms with Crippen molar-refractivity contribution in [3.05, 3.63) is 90.1 Å². The molecule has 5 amide bonds. The molecule has 4 aromatic rings. The van der Waals surface area contributed by atoms with Crippen molar-refractivity contribution >= 4 is 46.4 Å². The van der Waals surface area contributed by atoms with E-state index in [9.17, 15) is 24.0 Å². The zero-order chi connectivity index (χ0) is 37.5. The van der Waals surface area contributed by atoms with E-state index in [4.69, 9.17) is 21.9 Å². The van der Waals surface area contributed by atoms with Crippen molar-refractivity contribution < 1.29 is 28.7 Å². The van der Waals surface area contributed by atoms with Crippen LogP contribution >= 0.6 is 0 Å². The lowest BCUT2D eigenvalue weighted by Crippen LogP contribution is -2.59. The summed E-state index contributed by atoms with van der Waals surface area (Å²) < 4.78 is 4.91. The summed E-state index contributed by atoms with van der Waals surface area (Å²) in [6.07, 6.45) is 5.25. The van der Waals surface area contributed by atoms with Crippen LogP contribution in [0.4, 0.5) is 0 Å². The van der Waals surface area contributed by atoms with Crippen molar-refractivity contribution in [1.82, 2.24) is 36.2 Å². The van der Waals surface area contributed by atoms with Crippen LogP contribution in [0.1, 0.15) is 29.7 Å². The van der Waals surface area contributed by atoms with E-state index in [2.05, 4.69) is 41.2 Å². The predicted molar refractivity (Wildman–Crippen MR) is 193 cm³/mol. The number of primary amides is 1. The van der Waals surface area contributed by atoms with Crippen LogP contribution in [0.15, 0.2) is 78.3 Å². The molecule has 4 atom stereocenters. The number of fused-ring (bicyclic) bond motifs is 1. The lowest BCUT2D eigenvalue weighted by atomic mass is 10.0. The van der Waals surface area contributed by atoms with Gasteiger partial charge in [-0.25, -0.2) is 4.98 Å². The van der Waals surface area contributed by atoms with Gasteiger partial charge in [0, 0.05) is 61.9 Å². The van der Waals surface area contributed by atoms with Crippen molar-refractivity contribution in [3.63, 3.8) is 0 Å². The van der Waals surface area contributed by atoms with Gasteiger partial charge in [0.1, 0.15) is 30.8 Å². The summed E-state index contributed by atoms with van der Waals surface area (Å²) >= 11 is 0. The Balaban J connectivity index is 1.56. The molecule has 17 nitrogen and oxygen atoms in total. The topological polar surface area (TPSA) is 278 Å². The first-order valence-corrected chi connectivity index (χ1v) is 16.6. The first-order chi connectivity index (χ1) is 25.0. The van der Waals surface area contributed by atoms with Gasteiger partial charge in [0.15, 0.2) is 5.96 Å². The van der Waals surface area contributed by atoms with E-state index in [1.807, 2.05) is 30.3 Å². The Bertz CT molecular complexity index is 1820. The number of nitrogens with one attached hydrogen (secondary N) is 6. The fourth-order valence-electron chi connectivity index (χ4n) is 5.58. The summed E-state index contributed by atoms with van der Waals surface area (Å²) in [5.74, 6) is -3.45. The number of imidazole rings is 1. The molecular formula is C35H45N11O6. The number of methoxy groups -OCH3 is 1. The Hall–Kier alpha value is -6.23. The minimum absolute atomic E-state index is 0.0434. The summed E-state index contributed by atoms with van der Waals surface area (Å²) in [6.45, 7) is -0.124. The molecule has 0 aliphatic carbocycles. The maximum Gasteiger partial charge on any atom is 0.246 e. The Morgan fingerprint density at radius 2 is 1.44 bits per heavy atom. The number of nitrogens with zero attached hydrogens (tertiary/aromatic N) is 2. The van der Waals surface area contributed by atoms with Gasteiger partial charge >= 0.3 is 0 Å². The molecule has 0 bridgehead atoms. The number of aliphatic imine (C=N–C) groups is 1. The van der Waals surface area contributed by atoms with Crippen LogP contribution in [0.5, 0.6) is 0 Å². The molecule has 12 N–H and O–H groups in total. The highest BCUT2D eigenvalue weighted by Crippen LogP contribution is 2.19. The fraction of sp³-hybridized carbons (Fsp3) is 0.343. The largest absolute Gasteiger partial charge is 0.375 e. The molecular weight excluding hydrogens is 670 g/mol. The normalized spacial score (nSPS) is 13.2.